The second-order valence-electron chi connectivity index (χ2n) is 2.55. The molecule has 2 heterocycles. The van der Waals surface area contributed by atoms with Gasteiger partial charge in [0.25, 0.3) is 0 Å². The Morgan fingerprint density at radius 3 is 3.00 bits per heavy atom. The van der Waals surface area contributed by atoms with E-state index in [1.807, 2.05) is 6.92 Å². The summed E-state index contributed by atoms with van der Waals surface area (Å²) in [5, 5.41) is 0.884. The van der Waals surface area contributed by atoms with Gasteiger partial charge in [0.2, 0.25) is 5.78 Å². The average molecular weight is 193 g/mol. The van der Waals surface area contributed by atoms with Crippen molar-refractivity contribution in [3.8, 4) is 0 Å². The Balaban J connectivity index is 2.33. The first-order valence-corrected chi connectivity index (χ1v) is 4.59. The van der Waals surface area contributed by atoms with E-state index in [1.54, 1.807) is 18.3 Å². The van der Waals surface area contributed by atoms with E-state index < -0.39 is 0 Å². The molecule has 0 aliphatic rings. The van der Waals surface area contributed by atoms with Crippen LogP contribution in [0.3, 0.4) is 0 Å². The number of nitrogens with zero attached hydrogens (tertiary/aromatic N) is 1. The summed E-state index contributed by atoms with van der Waals surface area (Å²) in [6.07, 6.45) is 3.06. The molecule has 0 bridgehead atoms. The summed E-state index contributed by atoms with van der Waals surface area (Å²) in [5.74, 6) is 0.263. The fourth-order valence-corrected chi connectivity index (χ4v) is 1.72. The molecule has 0 aliphatic carbocycles. The van der Waals surface area contributed by atoms with Crippen molar-refractivity contribution < 1.29 is 9.21 Å². The van der Waals surface area contributed by atoms with Crippen LogP contribution in [-0.2, 0) is 0 Å². The van der Waals surface area contributed by atoms with Crippen molar-refractivity contribution >= 4 is 17.1 Å². The average Bonchev–Trinajstić information content (AvgIpc) is 2.72. The highest BCUT2D eigenvalue weighted by Gasteiger charge is 2.13. The molecule has 0 saturated heterocycles. The molecule has 2 aromatic rings. The molecule has 0 unspecified atom stereocenters. The molecule has 2 rings (SSSR count). The zero-order valence-electron chi connectivity index (χ0n) is 6.98. The van der Waals surface area contributed by atoms with Gasteiger partial charge in [-0.2, -0.15) is 0 Å². The molecule has 66 valence electrons. The minimum absolute atomic E-state index is 0.101. The maximum Gasteiger partial charge on any atom is 0.239 e. The first kappa shape index (κ1) is 8.19. The number of rotatable bonds is 2. The number of aromatic nitrogens is 1. The molecule has 0 aliphatic heterocycles. The topological polar surface area (TPSA) is 43.1 Å². The molecule has 0 aromatic carbocycles. The third kappa shape index (κ3) is 1.53. The summed E-state index contributed by atoms with van der Waals surface area (Å²) < 4.78 is 4.99. The Morgan fingerprint density at radius 2 is 2.46 bits per heavy atom. The van der Waals surface area contributed by atoms with Crippen LogP contribution >= 0.6 is 11.3 Å². The lowest BCUT2D eigenvalue weighted by molar-refractivity contribution is 0.101. The van der Waals surface area contributed by atoms with Crippen molar-refractivity contribution in [2.24, 2.45) is 0 Å². The second-order valence-corrected chi connectivity index (χ2v) is 3.78. The maximum atomic E-state index is 11.6. The summed E-state index contributed by atoms with van der Waals surface area (Å²) in [7, 11) is 0. The quantitative estimate of drug-likeness (QED) is 0.687. The predicted octanol–water partition coefficient (Wildman–Crippen LogP) is 2.28. The second kappa shape index (κ2) is 3.14. The fourth-order valence-electron chi connectivity index (χ4n) is 0.996. The van der Waals surface area contributed by atoms with E-state index in [2.05, 4.69) is 4.98 Å². The van der Waals surface area contributed by atoms with Gasteiger partial charge in [0.1, 0.15) is 0 Å². The van der Waals surface area contributed by atoms with Gasteiger partial charge in [-0.05, 0) is 19.1 Å². The molecule has 0 N–H and O–H groups in total. The molecule has 0 amide bonds. The van der Waals surface area contributed by atoms with E-state index in [0.717, 1.165) is 5.01 Å². The van der Waals surface area contributed by atoms with Crippen molar-refractivity contribution in [3.63, 3.8) is 0 Å². The molecule has 0 saturated carbocycles. The molecule has 0 spiro atoms. The number of hydrogen-bond donors (Lipinski definition) is 0. The van der Waals surface area contributed by atoms with Crippen LogP contribution in [0.2, 0.25) is 0 Å². The van der Waals surface area contributed by atoms with Crippen LogP contribution in [0, 0.1) is 6.92 Å². The summed E-state index contributed by atoms with van der Waals surface area (Å²) in [6.45, 7) is 1.86. The van der Waals surface area contributed by atoms with Gasteiger partial charge in [0, 0.05) is 6.20 Å². The standard InChI is InChI=1S/C9H7NO2S/c1-6-10-5-8(13-6)9(11)7-3-2-4-12-7/h2-5H,1H3. The van der Waals surface area contributed by atoms with Gasteiger partial charge in [0.05, 0.1) is 16.1 Å². The number of thiazole rings is 1. The van der Waals surface area contributed by atoms with Crippen molar-refractivity contribution in [2.75, 3.05) is 0 Å². The van der Waals surface area contributed by atoms with Gasteiger partial charge in [-0.1, -0.05) is 0 Å². The normalized spacial score (nSPS) is 10.2. The highest BCUT2D eigenvalue weighted by Crippen LogP contribution is 2.16. The van der Waals surface area contributed by atoms with Crippen molar-refractivity contribution in [2.45, 2.75) is 6.92 Å². The Labute approximate surface area is 79.0 Å². The maximum absolute atomic E-state index is 11.6. The zero-order valence-corrected chi connectivity index (χ0v) is 7.80. The van der Waals surface area contributed by atoms with Gasteiger partial charge >= 0.3 is 0 Å². The summed E-state index contributed by atoms with van der Waals surface area (Å²) in [4.78, 5) is 16.2. The number of furan rings is 1. The number of carbonyl (C=O) groups is 1. The monoisotopic (exact) mass is 193 g/mol. The van der Waals surface area contributed by atoms with Crippen LogP contribution in [0.25, 0.3) is 0 Å². The minimum Gasteiger partial charge on any atom is -0.461 e. The van der Waals surface area contributed by atoms with Gasteiger partial charge < -0.3 is 4.42 Å². The van der Waals surface area contributed by atoms with Crippen LogP contribution in [0.1, 0.15) is 20.4 Å². The summed E-state index contributed by atoms with van der Waals surface area (Å²) >= 11 is 1.37. The lowest BCUT2D eigenvalue weighted by Gasteiger charge is -1.88. The van der Waals surface area contributed by atoms with Crippen LogP contribution in [0.5, 0.6) is 0 Å². The van der Waals surface area contributed by atoms with E-state index in [-0.39, 0.29) is 5.78 Å². The van der Waals surface area contributed by atoms with Gasteiger partial charge in [-0.3, -0.25) is 4.79 Å². The smallest absolute Gasteiger partial charge is 0.239 e. The molecular formula is C9H7NO2S. The number of hydrogen-bond acceptors (Lipinski definition) is 4. The number of aryl methyl sites for hydroxylation is 1. The molecule has 13 heavy (non-hydrogen) atoms. The predicted molar refractivity (Wildman–Crippen MR) is 49.0 cm³/mol. The van der Waals surface area contributed by atoms with Crippen LogP contribution in [0.15, 0.2) is 29.0 Å². The van der Waals surface area contributed by atoms with Crippen molar-refractivity contribution in [1.29, 1.82) is 0 Å². The largest absolute Gasteiger partial charge is 0.461 e. The molecule has 0 fully saturated rings. The number of carbonyl (C=O) groups excluding carboxylic acids is 1. The van der Waals surface area contributed by atoms with Gasteiger partial charge in [-0.25, -0.2) is 4.98 Å². The van der Waals surface area contributed by atoms with E-state index in [4.69, 9.17) is 4.42 Å². The molecule has 3 nitrogen and oxygen atoms in total. The highest BCUT2D eigenvalue weighted by molar-refractivity contribution is 7.13. The Bertz CT molecular complexity index is 417. The lowest BCUT2D eigenvalue weighted by Crippen LogP contribution is -1.95. The van der Waals surface area contributed by atoms with Crippen LogP contribution < -0.4 is 0 Å². The Morgan fingerprint density at radius 1 is 1.62 bits per heavy atom. The minimum atomic E-state index is -0.101. The van der Waals surface area contributed by atoms with Crippen molar-refractivity contribution in [1.82, 2.24) is 4.98 Å². The number of ketones is 1. The lowest BCUT2D eigenvalue weighted by atomic mass is 10.3. The molecular weight excluding hydrogens is 186 g/mol. The zero-order chi connectivity index (χ0) is 9.26. The Hall–Kier alpha value is -1.42. The SMILES string of the molecule is Cc1ncc(C(=O)c2ccco2)s1. The third-order valence-corrected chi connectivity index (χ3v) is 2.50. The first-order valence-electron chi connectivity index (χ1n) is 3.78. The highest BCUT2D eigenvalue weighted by atomic mass is 32.1. The summed E-state index contributed by atoms with van der Waals surface area (Å²) in [6, 6.07) is 3.35. The van der Waals surface area contributed by atoms with E-state index >= 15 is 0 Å². The van der Waals surface area contributed by atoms with Crippen molar-refractivity contribution in [3.05, 3.63) is 40.2 Å². The third-order valence-electron chi connectivity index (χ3n) is 1.59. The van der Waals surface area contributed by atoms with E-state index in [1.165, 1.54) is 17.6 Å². The molecule has 0 atom stereocenters. The molecule has 4 heteroatoms. The fraction of sp³-hybridized carbons (Fsp3) is 0.111. The Kier molecular flexibility index (Phi) is 1.98. The molecule has 0 radical (unpaired) electrons. The van der Waals surface area contributed by atoms with Gasteiger partial charge in [0.15, 0.2) is 5.76 Å². The molecule has 2 aromatic heterocycles. The van der Waals surface area contributed by atoms with Crippen LogP contribution in [-0.4, -0.2) is 10.8 Å². The summed E-state index contributed by atoms with van der Waals surface area (Å²) in [5.41, 5.74) is 0. The first-order chi connectivity index (χ1) is 6.27. The van der Waals surface area contributed by atoms with Gasteiger partial charge in [-0.15, -0.1) is 11.3 Å². The van der Waals surface area contributed by atoms with E-state index in [9.17, 15) is 4.79 Å². The van der Waals surface area contributed by atoms with E-state index in [0.29, 0.717) is 10.6 Å². The van der Waals surface area contributed by atoms with Crippen LogP contribution in [0.4, 0.5) is 0 Å².